The summed E-state index contributed by atoms with van der Waals surface area (Å²) in [6.07, 6.45) is 0. The molecule has 0 bridgehead atoms. The average molecular weight is 182 g/mol. The molecule has 10 nitrogen and oxygen atoms in total. The molecule has 0 amide bonds. The number of nitrogens with one attached hydrogen (secondary N) is 2. The highest BCUT2D eigenvalue weighted by Gasteiger charge is 2.23. The first-order chi connectivity index (χ1) is 6.29. The van der Waals surface area contributed by atoms with Gasteiger partial charge in [-0.3, -0.25) is 0 Å². The second-order valence-corrected chi connectivity index (χ2v) is 1.99. The zero-order valence-electron chi connectivity index (χ0n) is 6.00. The normalized spacial score (nSPS) is 10.2. The van der Waals surface area contributed by atoms with Gasteiger partial charge in [-0.15, -0.1) is 20.5 Å². The molecule has 0 unspecified atom stereocenters. The maximum absolute atomic E-state index is 10.4. The van der Waals surface area contributed by atoms with E-state index >= 15 is 0 Å². The van der Waals surface area contributed by atoms with Crippen LogP contribution in [0.1, 0.15) is 0 Å². The Bertz CT molecular complexity index is 416. The van der Waals surface area contributed by atoms with Gasteiger partial charge in [-0.1, -0.05) is 0 Å². The molecule has 13 heavy (non-hydrogen) atoms. The number of hydrogen-bond acceptors (Lipinski definition) is 7. The zero-order valence-corrected chi connectivity index (χ0v) is 6.00. The Morgan fingerprint density at radius 2 is 2.08 bits per heavy atom. The van der Waals surface area contributed by atoms with Gasteiger partial charge in [-0.25, -0.2) is 0 Å². The first-order valence-corrected chi connectivity index (χ1v) is 3.08. The molecule has 2 N–H and O–H groups in total. The number of hydrogen-bond donors (Lipinski definition) is 2. The molecule has 0 radical (unpaired) electrons. The predicted octanol–water partition coefficient (Wildman–Crippen LogP) is -1.11. The number of aromatic nitrogens is 7. The molecule has 0 saturated heterocycles. The van der Waals surface area contributed by atoms with E-state index in [0.29, 0.717) is 0 Å². The van der Waals surface area contributed by atoms with E-state index in [0.717, 1.165) is 0 Å². The SMILES string of the molecule is O=[N+]([O-])c1n[nH]nc1-c1nn[nH]n1. The standard InChI is InChI=1S/C3H2N8O2/c12-11(13)3-1(4-8-7-3)2-5-9-10-6-2/h(H,4,7,8)(H,5,6,9,10). The van der Waals surface area contributed by atoms with E-state index in [1.807, 2.05) is 0 Å². The van der Waals surface area contributed by atoms with Crippen LogP contribution < -0.4 is 0 Å². The minimum atomic E-state index is -0.685. The van der Waals surface area contributed by atoms with Gasteiger partial charge in [-0.2, -0.15) is 5.21 Å². The summed E-state index contributed by atoms with van der Waals surface area (Å²) in [5, 5.41) is 31.8. The summed E-state index contributed by atoms with van der Waals surface area (Å²) in [6, 6.07) is 0. The molecule has 0 aliphatic carbocycles. The van der Waals surface area contributed by atoms with E-state index in [4.69, 9.17) is 0 Å². The lowest BCUT2D eigenvalue weighted by Crippen LogP contribution is -1.92. The summed E-state index contributed by atoms with van der Waals surface area (Å²) in [5.74, 6) is -0.401. The molecule has 2 heterocycles. The summed E-state index contributed by atoms with van der Waals surface area (Å²) in [4.78, 5) is 9.69. The van der Waals surface area contributed by atoms with Crippen molar-refractivity contribution in [2.24, 2.45) is 0 Å². The number of nitrogens with zero attached hydrogens (tertiary/aromatic N) is 6. The van der Waals surface area contributed by atoms with E-state index in [1.54, 1.807) is 0 Å². The van der Waals surface area contributed by atoms with Gasteiger partial charge < -0.3 is 10.1 Å². The van der Waals surface area contributed by atoms with Crippen LogP contribution in [0.25, 0.3) is 11.5 Å². The van der Waals surface area contributed by atoms with Gasteiger partial charge in [0.2, 0.25) is 11.5 Å². The highest BCUT2D eigenvalue weighted by molar-refractivity contribution is 5.57. The Hall–Kier alpha value is -2.39. The number of nitro groups is 1. The quantitative estimate of drug-likeness (QED) is 0.443. The smallest absolute Gasteiger partial charge is 0.358 e. The topological polar surface area (TPSA) is 139 Å². The Balaban J connectivity index is 2.52. The van der Waals surface area contributed by atoms with Gasteiger partial charge in [0, 0.05) is 0 Å². The third-order valence-electron chi connectivity index (χ3n) is 1.26. The minimum Gasteiger partial charge on any atom is -0.358 e. The van der Waals surface area contributed by atoms with Crippen molar-refractivity contribution >= 4 is 5.82 Å². The van der Waals surface area contributed by atoms with Gasteiger partial charge >= 0.3 is 5.82 Å². The van der Waals surface area contributed by atoms with Crippen molar-refractivity contribution in [2.75, 3.05) is 0 Å². The van der Waals surface area contributed by atoms with Gasteiger partial charge in [0.1, 0.15) is 0 Å². The maximum atomic E-state index is 10.4. The molecule has 66 valence electrons. The van der Waals surface area contributed by atoms with Gasteiger partial charge in [-0.05, 0) is 10.1 Å². The summed E-state index contributed by atoms with van der Waals surface area (Å²) in [5.41, 5.74) is -0.0428. The summed E-state index contributed by atoms with van der Waals surface area (Å²) in [6.45, 7) is 0. The van der Waals surface area contributed by atoms with Crippen LogP contribution >= 0.6 is 0 Å². The van der Waals surface area contributed by atoms with Gasteiger partial charge in [0.25, 0.3) is 0 Å². The van der Waals surface area contributed by atoms with Crippen molar-refractivity contribution in [3.63, 3.8) is 0 Å². The van der Waals surface area contributed by atoms with Crippen LogP contribution in [-0.4, -0.2) is 41.0 Å². The maximum Gasteiger partial charge on any atom is 0.421 e. The van der Waals surface area contributed by atoms with Crippen LogP contribution in [0.4, 0.5) is 5.82 Å². The van der Waals surface area contributed by atoms with Crippen molar-refractivity contribution in [1.82, 2.24) is 36.0 Å². The van der Waals surface area contributed by atoms with Crippen molar-refractivity contribution in [2.45, 2.75) is 0 Å². The molecule has 0 fully saturated rings. The van der Waals surface area contributed by atoms with E-state index in [-0.39, 0.29) is 11.5 Å². The molecule has 0 aromatic carbocycles. The average Bonchev–Trinajstić information content (AvgIpc) is 2.74. The fourth-order valence-electron chi connectivity index (χ4n) is 0.765. The molecule has 0 aliphatic heterocycles. The fourth-order valence-corrected chi connectivity index (χ4v) is 0.765. The third kappa shape index (κ3) is 1.09. The Morgan fingerprint density at radius 3 is 2.69 bits per heavy atom. The summed E-state index contributed by atoms with van der Waals surface area (Å²) >= 11 is 0. The molecule has 0 spiro atoms. The molecule has 0 aliphatic rings. The lowest BCUT2D eigenvalue weighted by molar-refractivity contribution is -0.388. The second-order valence-electron chi connectivity index (χ2n) is 1.99. The third-order valence-corrected chi connectivity index (χ3v) is 1.26. The van der Waals surface area contributed by atoms with E-state index < -0.39 is 10.7 Å². The number of tetrazole rings is 1. The van der Waals surface area contributed by atoms with Gasteiger partial charge in [0.15, 0.2) is 0 Å². The van der Waals surface area contributed by atoms with Crippen LogP contribution in [0, 0.1) is 10.1 Å². The Kier molecular flexibility index (Phi) is 1.44. The summed E-state index contributed by atoms with van der Waals surface area (Å²) in [7, 11) is 0. The van der Waals surface area contributed by atoms with Crippen molar-refractivity contribution in [3.8, 4) is 11.5 Å². The van der Waals surface area contributed by atoms with Crippen molar-refractivity contribution in [3.05, 3.63) is 10.1 Å². The molecule has 2 aromatic heterocycles. The predicted molar refractivity (Wildman–Crippen MR) is 36.2 cm³/mol. The van der Waals surface area contributed by atoms with Crippen molar-refractivity contribution < 1.29 is 4.92 Å². The van der Waals surface area contributed by atoms with Crippen LogP contribution in [-0.2, 0) is 0 Å². The van der Waals surface area contributed by atoms with Crippen LogP contribution in [0.15, 0.2) is 0 Å². The first-order valence-electron chi connectivity index (χ1n) is 3.08. The Labute approximate surface area is 69.5 Å². The van der Waals surface area contributed by atoms with E-state index in [9.17, 15) is 10.1 Å². The van der Waals surface area contributed by atoms with Crippen LogP contribution in [0.5, 0.6) is 0 Å². The Morgan fingerprint density at radius 1 is 1.23 bits per heavy atom. The highest BCUT2D eigenvalue weighted by Crippen LogP contribution is 2.19. The lowest BCUT2D eigenvalue weighted by atomic mass is 10.4. The van der Waals surface area contributed by atoms with Gasteiger partial charge in [0.05, 0.1) is 5.10 Å². The number of rotatable bonds is 2. The van der Waals surface area contributed by atoms with Crippen LogP contribution in [0.2, 0.25) is 0 Å². The molecular formula is C3H2N8O2. The highest BCUT2D eigenvalue weighted by atomic mass is 16.6. The first kappa shape index (κ1) is 7.27. The lowest BCUT2D eigenvalue weighted by Gasteiger charge is -1.86. The molecule has 10 heteroatoms. The number of H-pyrrole nitrogens is 2. The molecule has 0 saturated carbocycles. The monoisotopic (exact) mass is 182 g/mol. The zero-order chi connectivity index (χ0) is 9.26. The largest absolute Gasteiger partial charge is 0.421 e. The van der Waals surface area contributed by atoms with Crippen LogP contribution in [0.3, 0.4) is 0 Å². The second kappa shape index (κ2) is 2.58. The minimum absolute atomic E-state index is 0.0282. The van der Waals surface area contributed by atoms with E-state index in [2.05, 4.69) is 36.0 Å². The molecule has 2 aromatic rings. The molecule has 0 atom stereocenters. The number of aromatic amines is 2. The molecular weight excluding hydrogens is 180 g/mol. The van der Waals surface area contributed by atoms with Crippen molar-refractivity contribution in [1.29, 1.82) is 0 Å². The molecule has 2 rings (SSSR count). The summed E-state index contributed by atoms with van der Waals surface area (Å²) < 4.78 is 0. The fraction of sp³-hybridized carbons (Fsp3) is 0. The van der Waals surface area contributed by atoms with E-state index in [1.165, 1.54) is 0 Å².